The number of quaternary nitrogens is 1. The third-order valence-corrected chi connectivity index (χ3v) is 6.34. The molecule has 2 aliphatic rings. The molecule has 3 rings (SSSR count). The zero-order valence-electron chi connectivity index (χ0n) is 14.6. The molecule has 132 valence electrons. The maximum absolute atomic E-state index is 12.6. The topological polar surface area (TPSA) is 42.8 Å². The van der Waals surface area contributed by atoms with Gasteiger partial charge in [0, 0.05) is 23.3 Å². The van der Waals surface area contributed by atoms with Crippen LogP contribution < -0.4 is 10.2 Å². The molecule has 1 aromatic rings. The van der Waals surface area contributed by atoms with Crippen molar-refractivity contribution in [3.05, 3.63) is 29.8 Å². The monoisotopic (exact) mass is 349 g/mol. The highest BCUT2D eigenvalue weighted by Gasteiger charge is 2.42. The van der Waals surface area contributed by atoms with E-state index in [1.165, 1.54) is 37.0 Å². The summed E-state index contributed by atoms with van der Waals surface area (Å²) in [5.41, 5.74) is 0.965. The Kier molecular flexibility index (Phi) is 6.19. The molecule has 0 bridgehead atoms. The summed E-state index contributed by atoms with van der Waals surface area (Å²) in [4.78, 5) is 15.4. The Morgan fingerprint density at radius 3 is 2.46 bits per heavy atom. The van der Waals surface area contributed by atoms with E-state index in [4.69, 9.17) is 4.74 Å². The normalized spacial score (nSPS) is 21.4. The van der Waals surface area contributed by atoms with Gasteiger partial charge in [-0.15, -0.1) is 11.8 Å². The van der Waals surface area contributed by atoms with Crippen molar-refractivity contribution in [2.75, 3.05) is 39.1 Å². The molecule has 4 nitrogen and oxygen atoms in total. The number of carbonyl (C=O) groups is 1. The highest BCUT2D eigenvalue weighted by Crippen LogP contribution is 2.25. The van der Waals surface area contributed by atoms with Crippen molar-refractivity contribution in [1.82, 2.24) is 5.32 Å². The largest absolute Gasteiger partial charge is 0.370 e. The Bertz CT molecular complexity index is 535. The standard InChI is InChI=1S/C19H28N2O2S/c1-24-17-7-5-16(6-8-17)18(22)20-15-19(9-3-2-4-10-19)21-11-13-23-14-12-21/h5-8H,2-4,9-15H2,1H3,(H,20,22)/p+1. The van der Waals surface area contributed by atoms with Gasteiger partial charge in [-0.25, -0.2) is 0 Å². The zero-order valence-corrected chi connectivity index (χ0v) is 15.4. The minimum Gasteiger partial charge on any atom is -0.370 e. The number of carbonyl (C=O) groups excluding carboxylic acids is 1. The van der Waals surface area contributed by atoms with Gasteiger partial charge in [0.05, 0.1) is 19.8 Å². The lowest BCUT2D eigenvalue weighted by atomic mass is 9.79. The van der Waals surface area contributed by atoms with E-state index in [1.54, 1.807) is 16.7 Å². The Balaban J connectivity index is 1.64. The van der Waals surface area contributed by atoms with Gasteiger partial charge in [0.2, 0.25) is 0 Å². The van der Waals surface area contributed by atoms with Gasteiger partial charge in [-0.05, 0) is 43.4 Å². The number of hydrogen-bond donors (Lipinski definition) is 2. The summed E-state index contributed by atoms with van der Waals surface area (Å²) in [6.45, 7) is 4.62. The van der Waals surface area contributed by atoms with Gasteiger partial charge in [0.25, 0.3) is 5.91 Å². The Labute approximate surface area is 149 Å². The number of ether oxygens (including phenoxy) is 1. The minimum absolute atomic E-state index is 0.0558. The molecule has 1 saturated carbocycles. The molecular weight excluding hydrogens is 320 g/mol. The second-order valence-corrected chi connectivity index (χ2v) is 7.85. The first-order chi connectivity index (χ1) is 11.7. The summed E-state index contributed by atoms with van der Waals surface area (Å²) in [6, 6.07) is 7.89. The number of morpholine rings is 1. The molecular formula is C19H29N2O2S+. The number of nitrogens with one attached hydrogen (secondary N) is 2. The fraction of sp³-hybridized carbons (Fsp3) is 0.632. The van der Waals surface area contributed by atoms with Crippen LogP contribution in [-0.2, 0) is 4.74 Å². The Hall–Kier alpha value is -1.04. The van der Waals surface area contributed by atoms with Crippen LogP contribution in [0.2, 0.25) is 0 Å². The van der Waals surface area contributed by atoms with Crippen LogP contribution in [-0.4, -0.2) is 50.5 Å². The van der Waals surface area contributed by atoms with Gasteiger partial charge < -0.3 is 15.0 Å². The third kappa shape index (κ3) is 4.13. The van der Waals surface area contributed by atoms with Gasteiger partial charge in [0.15, 0.2) is 0 Å². The molecule has 1 amide bonds. The summed E-state index contributed by atoms with van der Waals surface area (Å²) in [5, 5.41) is 3.24. The predicted octanol–water partition coefficient (Wildman–Crippen LogP) is 1.76. The first-order valence-electron chi connectivity index (χ1n) is 9.09. The molecule has 0 radical (unpaired) electrons. The van der Waals surface area contributed by atoms with Crippen LogP contribution in [0.15, 0.2) is 29.2 Å². The van der Waals surface area contributed by atoms with Crippen LogP contribution in [0.1, 0.15) is 42.5 Å². The predicted molar refractivity (Wildman–Crippen MR) is 97.9 cm³/mol. The molecule has 1 aliphatic carbocycles. The fourth-order valence-electron chi connectivity index (χ4n) is 4.13. The summed E-state index contributed by atoms with van der Waals surface area (Å²) in [7, 11) is 0. The smallest absolute Gasteiger partial charge is 0.251 e. The van der Waals surface area contributed by atoms with Crippen molar-refractivity contribution in [3.63, 3.8) is 0 Å². The molecule has 5 heteroatoms. The molecule has 1 saturated heterocycles. The highest BCUT2D eigenvalue weighted by atomic mass is 32.2. The lowest BCUT2D eigenvalue weighted by Gasteiger charge is -2.45. The molecule has 2 N–H and O–H groups in total. The van der Waals surface area contributed by atoms with Gasteiger partial charge >= 0.3 is 0 Å². The van der Waals surface area contributed by atoms with Crippen molar-refractivity contribution in [3.8, 4) is 0 Å². The molecule has 2 fully saturated rings. The van der Waals surface area contributed by atoms with Gasteiger partial charge in [-0.2, -0.15) is 0 Å². The second-order valence-electron chi connectivity index (χ2n) is 6.97. The number of hydrogen-bond acceptors (Lipinski definition) is 3. The van der Waals surface area contributed by atoms with Crippen molar-refractivity contribution >= 4 is 17.7 Å². The Morgan fingerprint density at radius 1 is 1.17 bits per heavy atom. The lowest BCUT2D eigenvalue weighted by molar-refractivity contribution is -0.960. The van der Waals surface area contributed by atoms with E-state index in [0.29, 0.717) is 0 Å². The lowest BCUT2D eigenvalue weighted by Crippen LogP contribution is -3.23. The molecule has 1 heterocycles. The van der Waals surface area contributed by atoms with Crippen molar-refractivity contribution in [1.29, 1.82) is 0 Å². The van der Waals surface area contributed by atoms with Crippen LogP contribution in [0.3, 0.4) is 0 Å². The average molecular weight is 350 g/mol. The molecule has 1 aromatic carbocycles. The summed E-state index contributed by atoms with van der Waals surface area (Å²) in [5.74, 6) is 0.0558. The van der Waals surface area contributed by atoms with Crippen LogP contribution in [0, 0.1) is 0 Å². The van der Waals surface area contributed by atoms with E-state index >= 15 is 0 Å². The average Bonchev–Trinajstić information content (AvgIpc) is 2.67. The van der Waals surface area contributed by atoms with Crippen LogP contribution in [0.4, 0.5) is 0 Å². The maximum atomic E-state index is 12.6. The fourth-order valence-corrected chi connectivity index (χ4v) is 4.53. The van der Waals surface area contributed by atoms with Crippen molar-refractivity contribution in [2.24, 2.45) is 0 Å². The highest BCUT2D eigenvalue weighted by molar-refractivity contribution is 7.98. The molecule has 0 aromatic heterocycles. The first-order valence-corrected chi connectivity index (χ1v) is 10.3. The van der Waals surface area contributed by atoms with Gasteiger partial charge in [-0.1, -0.05) is 6.42 Å². The number of amides is 1. The summed E-state index contributed by atoms with van der Waals surface area (Å²) < 4.78 is 5.54. The number of rotatable bonds is 5. The third-order valence-electron chi connectivity index (χ3n) is 5.60. The van der Waals surface area contributed by atoms with E-state index in [-0.39, 0.29) is 11.4 Å². The molecule has 0 unspecified atom stereocenters. The molecule has 0 spiro atoms. The zero-order chi connectivity index (χ0) is 16.8. The van der Waals surface area contributed by atoms with E-state index < -0.39 is 0 Å². The summed E-state index contributed by atoms with van der Waals surface area (Å²) >= 11 is 1.70. The quantitative estimate of drug-likeness (QED) is 0.796. The minimum atomic E-state index is 0.0558. The molecule has 24 heavy (non-hydrogen) atoms. The number of benzene rings is 1. The molecule has 0 atom stereocenters. The van der Waals surface area contributed by atoms with Gasteiger partial charge in [-0.3, -0.25) is 4.79 Å². The first kappa shape index (κ1) is 17.8. The van der Waals surface area contributed by atoms with E-state index in [0.717, 1.165) is 38.4 Å². The van der Waals surface area contributed by atoms with Crippen LogP contribution in [0.25, 0.3) is 0 Å². The second kappa shape index (κ2) is 8.37. The van der Waals surface area contributed by atoms with Gasteiger partial charge in [0.1, 0.15) is 18.6 Å². The Morgan fingerprint density at radius 2 is 1.83 bits per heavy atom. The summed E-state index contributed by atoms with van der Waals surface area (Å²) in [6.07, 6.45) is 8.37. The van der Waals surface area contributed by atoms with Crippen LogP contribution >= 0.6 is 11.8 Å². The molecule has 1 aliphatic heterocycles. The van der Waals surface area contributed by atoms with E-state index in [1.807, 2.05) is 30.5 Å². The van der Waals surface area contributed by atoms with Crippen molar-refractivity contribution in [2.45, 2.75) is 42.5 Å². The van der Waals surface area contributed by atoms with E-state index in [9.17, 15) is 4.79 Å². The number of thioether (sulfide) groups is 1. The maximum Gasteiger partial charge on any atom is 0.251 e. The van der Waals surface area contributed by atoms with Crippen LogP contribution in [0.5, 0.6) is 0 Å². The van der Waals surface area contributed by atoms with Crippen molar-refractivity contribution < 1.29 is 14.4 Å². The van der Waals surface area contributed by atoms with E-state index in [2.05, 4.69) is 5.32 Å². The SMILES string of the molecule is CSc1ccc(C(=O)NCC2([NH+]3CCOCC3)CCCCC2)cc1.